The van der Waals surface area contributed by atoms with Crippen molar-refractivity contribution in [1.82, 2.24) is 15.4 Å². The molecule has 0 saturated heterocycles. The molecule has 0 atom stereocenters. The molecule has 2 rings (SSSR count). The number of anilines is 1. The SMILES string of the molecule is COc1ncc(NNC(=O)c2ccc(C#N)nc2)cc1F. The number of nitrogens with one attached hydrogen (secondary N) is 2. The van der Waals surface area contributed by atoms with Gasteiger partial charge >= 0.3 is 0 Å². The number of nitriles is 1. The van der Waals surface area contributed by atoms with Crippen LogP contribution in [0.25, 0.3) is 0 Å². The van der Waals surface area contributed by atoms with Crippen molar-refractivity contribution >= 4 is 11.6 Å². The number of hydrogen-bond acceptors (Lipinski definition) is 6. The maximum Gasteiger partial charge on any atom is 0.271 e. The van der Waals surface area contributed by atoms with E-state index in [0.717, 1.165) is 6.07 Å². The molecule has 21 heavy (non-hydrogen) atoms. The molecule has 0 aromatic carbocycles. The summed E-state index contributed by atoms with van der Waals surface area (Å²) >= 11 is 0. The number of carbonyl (C=O) groups is 1. The zero-order chi connectivity index (χ0) is 15.2. The Labute approximate surface area is 119 Å². The van der Waals surface area contributed by atoms with Gasteiger partial charge in [0.15, 0.2) is 5.82 Å². The number of ether oxygens (including phenoxy) is 1. The Hall–Kier alpha value is -3.21. The van der Waals surface area contributed by atoms with E-state index in [1.165, 1.54) is 31.6 Å². The fraction of sp³-hybridized carbons (Fsp3) is 0.0769. The van der Waals surface area contributed by atoms with Crippen LogP contribution >= 0.6 is 0 Å². The van der Waals surface area contributed by atoms with Gasteiger partial charge in [-0.2, -0.15) is 5.26 Å². The molecule has 2 aromatic heterocycles. The van der Waals surface area contributed by atoms with E-state index in [0.29, 0.717) is 0 Å². The maximum atomic E-state index is 13.4. The minimum atomic E-state index is -0.656. The Kier molecular flexibility index (Phi) is 4.26. The monoisotopic (exact) mass is 287 g/mol. The predicted molar refractivity (Wildman–Crippen MR) is 70.8 cm³/mol. The van der Waals surface area contributed by atoms with Gasteiger partial charge in [0.05, 0.1) is 24.6 Å². The summed E-state index contributed by atoms with van der Waals surface area (Å²) in [5.41, 5.74) is 5.59. The Morgan fingerprint density at radius 2 is 2.19 bits per heavy atom. The summed E-state index contributed by atoms with van der Waals surface area (Å²) in [6.07, 6.45) is 2.57. The summed E-state index contributed by atoms with van der Waals surface area (Å²) in [4.78, 5) is 19.3. The van der Waals surface area contributed by atoms with Gasteiger partial charge in [0.1, 0.15) is 11.8 Å². The highest BCUT2D eigenvalue weighted by atomic mass is 19.1. The molecular formula is C13H10FN5O2. The highest BCUT2D eigenvalue weighted by Gasteiger charge is 2.08. The topological polar surface area (TPSA) is 99.9 Å². The third kappa shape index (κ3) is 3.42. The minimum absolute atomic E-state index is 0.136. The second kappa shape index (κ2) is 6.29. The third-order valence-corrected chi connectivity index (χ3v) is 2.46. The van der Waals surface area contributed by atoms with Crippen LogP contribution < -0.4 is 15.6 Å². The summed E-state index contributed by atoms with van der Waals surface area (Å²) < 4.78 is 18.1. The molecule has 0 saturated carbocycles. The predicted octanol–water partition coefficient (Wildman–Crippen LogP) is 1.25. The normalized spacial score (nSPS) is 9.57. The van der Waals surface area contributed by atoms with Crippen molar-refractivity contribution in [2.75, 3.05) is 12.5 Å². The molecule has 0 aliphatic rings. The first-order chi connectivity index (χ1) is 10.1. The summed E-state index contributed by atoms with van der Waals surface area (Å²) in [5, 5.41) is 8.61. The van der Waals surface area contributed by atoms with Crippen LogP contribution in [0.2, 0.25) is 0 Å². The molecule has 8 heteroatoms. The van der Waals surface area contributed by atoms with Gasteiger partial charge < -0.3 is 4.74 Å². The molecule has 7 nitrogen and oxygen atoms in total. The van der Waals surface area contributed by atoms with E-state index in [1.54, 1.807) is 0 Å². The molecular weight excluding hydrogens is 277 g/mol. The number of pyridine rings is 2. The first-order valence-corrected chi connectivity index (χ1v) is 5.76. The lowest BCUT2D eigenvalue weighted by Gasteiger charge is -2.09. The van der Waals surface area contributed by atoms with E-state index >= 15 is 0 Å². The number of methoxy groups -OCH3 is 1. The molecule has 2 heterocycles. The lowest BCUT2D eigenvalue weighted by atomic mass is 10.2. The zero-order valence-corrected chi connectivity index (χ0v) is 10.9. The van der Waals surface area contributed by atoms with Crippen molar-refractivity contribution in [3.63, 3.8) is 0 Å². The van der Waals surface area contributed by atoms with Crippen molar-refractivity contribution < 1.29 is 13.9 Å². The van der Waals surface area contributed by atoms with Crippen molar-refractivity contribution in [2.45, 2.75) is 0 Å². The number of hydrazine groups is 1. The lowest BCUT2D eigenvalue weighted by Crippen LogP contribution is -2.29. The van der Waals surface area contributed by atoms with Gasteiger partial charge in [0.2, 0.25) is 5.88 Å². The first kappa shape index (κ1) is 14.2. The van der Waals surface area contributed by atoms with E-state index in [4.69, 9.17) is 5.26 Å². The average Bonchev–Trinajstić information content (AvgIpc) is 2.52. The second-order valence-electron chi connectivity index (χ2n) is 3.84. The van der Waals surface area contributed by atoms with Crippen LogP contribution in [-0.4, -0.2) is 23.0 Å². The van der Waals surface area contributed by atoms with Gasteiger partial charge in [-0.05, 0) is 12.1 Å². The van der Waals surface area contributed by atoms with Crippen LogP contribution in [0.5, 0.6) is 5.88 Å². The molecule has 0 fully saturated rings. The molecule has 0 radical (unpaired) electrons. The maximum absolute atomic E-state index is 13.4. The minimum Gasteiger partial charge on any atom is -0.479 e. The second-order valence-corrected chi connectivity index (χ2v) is 3.84. The third-order valence-electron chi connectivity index (χ3n) is 2.46. The van der Waals surface area contributed by atoms with Crippen molar-refractivity contribution in [2.24, 2.45) is 0 Å². The summed E-state index contributed by atoms with van der Waals surface area (Å²) in [6.45, 7) is 0. The van der Waals surface area contributed by atoms with Crippen LogP contribution in [0, 0.1) is 17.1 Å². The highest BCUT2D eigenvalue weighted by molar-refractivity contribution is 5.94. The quantitative estimate of drug-likeness (QED) is 0.821. The molecule has 0 aliphatic carbocycles. The molecule has 2 N–H and O–H groups in total. The number of amides is 1. The molecule has 0 spiro atoms. The van der Waals surface area contributed by atoms with Gasteiger partial charge in [0.25, 0.3) is 5.91 Å². The van der Waals surface area contributed by atoms with Gasteiger partial charge in [-0.15, -0.1) is 0 Å². The molecule has 0 unspecified atom stereocenters. The molecule has 106 valence electrons. The summed E-state index contributed by atoms with van der Waals surface area (Å²) in [7, 11) is 1.30. The Balaban J connectivity index is 2.00. The largest absolute Gasteiger partial charge is 0.479 e. The van der Waals surface area contributed by atoms with Crippen LogP contribution in [0.3, 0.4) is 0 Å². The van der Waals surface area contributed by atoms with Gasteiger partial charge in [-0.3, -0.25) is 15.6 Å². The van der Waals surface area contributed by atoms with Crippen LogP contribution in [0.1, 0.15) is 16.1 Å². The summed E-state index contributed by atoms with van der Waals surface area (Å²) in [5.74, 6) is -1.27. The van der Waals surface area contributed by atoms with E-state index in [9.17, 15) is 9.18 Å². The average molecular weight is 287 g/mol. The molecule has 2 aromatic rings. The van der Waals surface area contributed by atoms with Crippen molar-refractivity contribution in [1.29, 1.82) is 5.26 Å². The first-order valence-electron chi connectivity index (χ1n) is 5.76. The fourth-order valence-corrected chi connectivity index (χ4v) is 1.44. The molecule has 0 bridgehead atoms. The van der Waals surface area contributed by atoms with Crippen LogP contribution in [0.4, 0.5) is 10.1 Å². The Morgan fingerprint density at radius 1 is 1.38 bits per heavy atom. The van der Waals surface area contributed by atoms with E-state index < -0.39 is 11.7 Å². The van der Waals surface area contributed by atoms with Crippen molar-refractivity contribution in [3.8, 4) is 11.9 Å². The van der Waals surface area contributed by atoms with Gasteiger partial charge in [-0.1, -0.05) is 0 Å². The van der Waals surface area contributed by atoms with Crippen LogP contribution in [0.15, 0.2) is 30.6 Å². The molecule has 0 aliphatic heterocycles. The number of hydrogen-bond donors (Lipinski definition) is 2. The zero-order valence-electron chi connectivity index (χ0n) is 10.9. The number of nitrogens with zero attached hydrogens (tertiary/aromatic N) is 3. The highest BCUT2D eigenvalue weighted by Crippen LogP contribution is 2.16. The lowest BCUT2D eigenvalue weighted by molar-refractivity contribution is 0.0962. The Bertz CT molecular complexity index is 697. The fourth-order valence-electron chi connectivity index (χ4n) is 1.44. The number of aromatic nitrogens is 2. The van der Waals surface area contributed by atoms with Gasteiger partial charge in [0, 0.05) is 12.3 Å². The number of halogens is 1. The summed E-state index contributed by atoms with van der Waals surface area (Å²) in [6, 6.07) is 5.85. The van der Waals surface area contributed by atoms with E-state index in [-0.39, 0.29) is 22.8 Å². The Morgan fingerprint density at radius 3 is 2.76 bits per heavy atom. The van der Waals surface area contributed by atoms with Crippen LogP contribution in [-0.2, 0) is 0 Å². The van der Waals surface area contributed by atoms with Crippen molar-refractivity contribution in [3.05, 3.63) is 47.7 Å². The van der Waals surface area contributed by atoms with Gasteiger partial charge in [-0.25, -0.2) is 14.4 Å². The number of carbonyl (C=O) groups excluding carboxylic acids is 1. The number of rotatable bonds is 4. The van der Waals surface area contributed by atoms with E-state index in [2.05, 4.69) is 25.6 Å². The smallest absolute Gasteiger partial charge is 0.271 e. The molecule has 1 amide bonds. The van der Waals surface area contributed by atoms with E-state index in [1.807, 2.05) is 6.07 Å². The standard InChI is InChI=1S/C13H10FN5O2/c1-21-13-11(14)4-10(7-17-13)18-19-12(20)8-2-3-9(5-15)16-6-8/h2-4,6-7,18H,1H3,(H,19,20).